The molecule has 1 aliphatic rings. The van der Waals surface area contributed by atoms with Crippen molar-refractivity contribution < 1.29 is 13.3 Å². The second-order valence-electron chi connectivity index (χ2n) is 6.82. The molecule has 1 unspecified atom stereocenters. The largest absolute Gasteiger partial charge is 0.359 e. The number of rotatable bonds is 4. The van der Waals surface area contributed by atoms with Gasteiger partial charge in [-0.05, 0) is 49.1 Å². The Kier molecular flexibility index (Phi) is 4.55. The lowest BCUT2D eigenvalue weighted by atomic mass is 9.90. The molecule has 1 aliphatic heterocycles. The summed E-state index contributed by atoms with van der Waals surface area (Å²) in [7, 11) is 1.85. The maximum absolute atomic E-state index is 14.1. The number of aryl methyl sites for hydroxylation is 1. The van der Waals surface area contributed by atoms with E-state index in [1.807, 2.05) is 19.3 Å². The topological polar surface area (TPSA) is 47.1 Å². The van der Waals surface area contributed by atoms with Crippen LogP contribution in [0.1, 0.15) is 30.1 Å². The van der Waals surface area contributed by atoms with Crippen LogP contribution in [0.2, 0.25) is 0 Å². The highest BCUT2D eigenvalue weighted by atomic mass is 19.1. The summed E-state index contributed by atoms with van der Waals surface area (Å²) < 4.78 is 34.7. The average Bonchev–Trinajstić information content (AvgIpc) is 3.26. The molecule has 7 heteroatoms. The molecule has 0 radical (unpaired) electrons. The van der Waals surface area contributed by atoms with E-state index in [2.05, 4.69) is 15.2 Å². The van der Waals surface area contributed by atoms with E-state index in [9.17, 15) is 8.78 Å². The smallest absolute Gasteiger partial charge is 0.151 e. The van der Waals surface area contributed by atoms with Gasteiger partial charge in [-0.3, -0.25) is 9.58 Å². The molecule has 136 valence electrons. The van der Waals surface area contributed by atoms with Gasteiger partial charge in [-0.1, -0.05) is 5.16 Å². The SMILES string of the molecule is Cn1cc(-c2cc(CN3CCCC(c4cc(F)ccc4F)C3)on2)cn1. The summed E-state index contributed by atoms with van der Waals surface area (Å²) in [6, 6.07) is 5.59. The van der Waals surface area contributed by atoms with Crippen LogP contribution in [-0.4, -0.2) is 32.9 Å². The number of nitrogens with zero attached hydrogens (tertiary/aromatic N) is 4. The van der Waals surface area contributed by atoms with Crippen molar-refractivity contribution in [3.8, 4) is 11.3 Å². The number of halogens is 2. The highest BCUT2D eigenvalue weighted by Gasteiger charge is 2.25. The van der Waals surface area contributed by atoms with E-state index in [1.165, 1.54) is 12.1 Å². The van der Waals surface area contributed by atoms with Crippen LogP contribution in [0.3, 0.4) is 0 Å². The van der Waals surface area contributed by atoms with Gasteiger partial charge in [-0.15, -0.1) is 0 Å². The van der Waals surface area contributed by atoms with Gasteiger partial charge in [0.1, 0.15) is 17.3 Å². The first-order chi connectivity index (χ1) is 12.6. The Hall–Kier alpha value is -2.54. The second kappa shape index (κ2) is 6.99. The van der Waals surface area contributed by atoms with E-state index in [-0.39, 0.29) is 11.7 Å². The normalized spacial score (nSPS) is 18.3. The average molecular weight is 358 g/mol. The van der Waals surface area contributed by atoms with Gasteiger partial charge in [0.05, 0.1) is 12.7 Å². The Labute approximate surface area is 150 Å². The van der Waals surface area contributed by atoms with Crippen molar-refractivity contribution in [2.24, 2.45) is 7.05 Å². The lowest BCUT2D eigenvalue weighted by Gasteiger charge is -2.32. The zero-order chi connectivity index (χ0) is 18.1. The van der Waals surface area contributed by atoms with Crippen molar-refractivity contribution >= 4 is 0 Å². The number of piperidine rings is 1. The number of hydrogen-bond acceptors (Lipinski definition) is 4. The zero-order valence-electron chi connectivity index (χ0n) is 14.5. The summed E-state index contributed by atoms with van der Waals surface area (Å²) in [4.78, 5) is 2.20. The summed E-state index contributed by atoms with van der Waals surface area (Å²) in [5, 5.41) is 8.24. The Morgan fingerprint density at radius 2 is 2.15 bits per heavy atom. The standard InChI is InChI=1S/C19H20F2N4O/c1-24-10-14(9-22-24)19-8-16(26-23-19)12-25-6-2-3-13(11-25)17-7-15(20)4-5-18(17)21/h4-5,7-10,13H,2-3,6,11-12H2,1H3. The molecule has 1 aromatic carbocycles. The molecule has 1 atom stereocenters. The van der Waals surface area contributed by atoms with Crippen LogP contribution in [0, 0.1) is 11.6 Å². The van der Waals surface area contributed by atoms with Crippen LogP contribution in [-0.2, 0) is 13.6 Å². The van der Waals surface area contributed by atoms with Crippen molar-refractivity contribution in [3.63, 3.8) is 0 Å². The monoisotopic (exact) mass is 358 g/mol. The molecule has 2 aromatic heterocycles. The van der Waals surface area contributed by atoms with Gasteiger partial charge >= 0.3 is 0 Å². The van der Waals surface area contributed by atoms with Gasteiger partial charge in [0.2, 0.25) is 0 Å². The summed E-state index contributed by atoms with van der Waals surface area (Å²) in [6.45, 7) is 2.17. The van der Waals surface area contributed by atoms with Crippen LogP contribution >= 0.6 is 0 Å². The van der Waals surface area contributed by atoms with Gasteiger partial charge in [-0.25, -0.2) is 8.78 Å². The molecule has 3 heterocycles. The van der Waals surface area contributed by atoms with Crippen LogP contribution in [0.15, 0.2) is 41.2 Å². The van der Waals surface area contributed by atoms with E-state index >= 15 is 0 Å². The molecule has 5 nitrogen and oxygen atoms in total. The Balaban J connectivity index is 1.45. The predicted octanol–water partition coefficient (Wildman–Crippen LogP) is 3.73. The summed E-state index contributed by atoms with van der Waals surface area (Å²) in [5.74, 6) is 0.0102. The van der Waals surface area contributed by atoms with Gasteiger partial charge in [0.15, 0.2) is 5.76 Å². The van der Waals surface area contributed by atoms with E-state index < -0.39 is 5.82 Å². The van der Waals surface area contributed by atoms with Crippen molar-refractivity contribution in [3.05, 3.63) is 59.6 Å². The van der Waals surface area contributed by atoms with Crippen molar-refractivity contribution in [1.29, 1.82) is 0 Å². The predicted molar refractivity (Wildman–Crippen MR) is 92.3 cm³/mol. The third-order valence-electron chi connectivity index (χ3n) is 4.84. The lowest BCUT2D eigenvalue weighted by Crippen LogP contribution is -2.34. The molecule has 1 saturated heterocycles. The van der Waals surface area contributed by atoms with Gasteiger partial charge in [-0.2, -0.15) is 5.10 Å². The highest BCUT2D eigenvalue weighted by Crippen LogP contribution is 2.30. The first-order valence-corrected chi connectivity index (χ1v) is 8.70. The molecule has 1 fully saturated rings. The summed E-state index contributed by atoms with van der Waals surface area (Å²) >= 11 is 0. The molecule has 0 aliphatic carbocycles. The first-order valence-electron chi connectivity index (χ1n) is 8.70. The Bertz CT molecular complexity index is 905. The van der Waals surface area contributed by atoms with Crippen molar-refractivity contribution in [1.82, 2.24) is 19.8 Å². The quantitative estimate of drug-likeness (QED) is 0.713. The van der Waals surface area contributed by atoms with E-state index in [4.69, 9.17) is 4.52 Å². The molecule has 0 bridgehead atoms. The second-order valence-corrected chi connectivity index (χ2v) is 6.82. The fourth-order valence-corrected chi connectivity index (χ4v) is 3.58. The Morgan fingerprint density at radius 1 is 1.27 bits per heavy atom. The summed E-state index contributed by atoms with van der Waals surface area (Å²) in [5.41, 5.74) is 2.11. The highest BCUT2D eigenvalue weighted by molar-refractivity contribution is 5.56. The molecular formula is C19H20F2N4O. The lowest BCUT2D eigenvalue weighted by molar-refractivity contribution is 0.179. The molecule has 0 saturated carbocycles. The zero-order valence-corrected chi connectivity index (χ0v) is 14.5. The molecule has 0 amide bonds. The first kappa shape index (κ1) is 16.9. The maximum Gasteiger partial charge on any atom is 0.151 e. The van der Waals surface area contributed by atoms with E-state index in [1.54, 1.807) is 10.9 Å². The number of aromatic nitrogens is 3. The van der Waals surface area contributed by atoms with Gasteiger partial charge < -0.3 is 4.52 Å². The molecule has 4 rings (SSSR count). The maximum atomic E-state index is 14.1. The van der Waals surface area contributed by atoms with Crippen LogP contribution < -0.4 is 0 Å². The van der Waals surface area contributed by atoms with E-state index in [0.717, 1.165) is 42.5 Å². The third-order valence-corrected chi connectivity index (χ3v) is 4.84. The number of benzene rings is 1. The van der Waals surface area contributed by atoms with Crippen LogP contribution in [0.4, 0.5) is 8.78 Å². The fraction of sp³-hybridized carbons (Fsp3) is 0.368. The van der Waals surface area contributed by atoms with Crippen molar-refractivity contribution in [2.45, 2.75) is 25.3 Å². The molecule has 3 aromatic rings. The number of hydrogen-bond donors (Lipinski definition) is 0. The molecule has 26 heavy (non-hydrogen) atoms. The van der Waals surface area contributed by atoms with Crippen molar-refractivity contribution in [2.75, 3.05) is 13.1 Å². The minimum absolute atomic E-state index is 0.0137. The molecule has 0 spiro atoms. The Morgan fingerprint density at radius 3 is 2.96 bits per heavy atom. The third kappa shape index (κ3) is 3.53. The summed E-state index contributed by atoms with van der Waals surface area (Å²) in [6.07, 6.45) is 5.41. The number of likely N-dealkylation sites (tertiary alicyclic amines) is 1. The van der Waals surface area contributed by atoms with Gasteiger partial charge in [0.25, 0.3) is 0 Å². The molecule has 0 N–H and O–H groups in total. The van der Waals surface area contributed by atoms with E-state index in [0.29, 0.717) is 18.7 Å². The van der Waals surface area contributed by atoms with Crippen LogP contribution in [0.5, 0.6) is 0 Å². The fourth-order valence-electron chi connectivity index (χ4n) is 3.58. The minimum Gasteiger partial charge on any atom is -0.359 e. The minimum atomic E-state index is -0.394. The van der Waals surface area contributed by atoms with Crippen LogP contribution in [0.25, 0.3) is 11.3 Å². The van der Waals surface area contributed by atoms with Gasteiger partial charge in [0, 0.05) is 31.4 Å². The molecular weight excluding hydrogens is 338 g/mol.